The Hall–Kier alpha value is -2.31. The number of hydrogen-bond acceptors (Lipinski definition) is 4. The lowest BCUT2D eigenvalue weighted by atomic mass is 10.2. The standard InChI is InChI=1S/C13H13F2N3O2/c1-2-18(7-9-6-16-8-17-9)10-3-4-11-12(5-10)20-13(14,15)19-11/h3-6,8H,2,7H2,1H3,(H,16,17). The molecule has 20 heavy (non-hydrogen) atoms. The summed E-state index contributed by atoms with van der Waals surface area (Å²) in [6.07, 6.45) is -0.187. The van der Waals surface area contributed by atoms with Crippen LogP contribution in [0.4, 0.5) is 14.5 Å². The molecule has 0 aliphatic carbocycles. The first kappa shape index (κ1) is 12.7. The average molecular weight is 281 g/mol. The number of rotatable bonds is 4. The van der Waals surface area contributed by atoms with Crippen LogP contribution in [0.2, 0.25) is 0 Å². The van der Waals surface area contributed by atoms with E-state index in [1.54, 1.807) is 24.7 Å². The predicted molar refractivity (Wildman–Crippen MR) is 68.0 cm³/mol. The average Bonchev–Trinajstić information content (AvgIpc) is 3.00. The van der Waals surface area contributed by atoms with E-state index in [2.05, 4.69) is 19.4 Å². The van der Waals surface area contributed by atoms with Crippen LogP contribution in [0.3, 0.4) is 0 Å². The van der Waals surface area contributed by atoms with Crippen molar-refractivity contribution in [2.45, 2.75) is 19.8 Å². The number of aromatic amines is 1. The van der Waals surface area contributed by atoms with E-state index in [-0.39, 0.29) is 11.5 Å². The van der Waals surface area contributed by atoms with Gasteiger partial charge in [-0.1, -0.05) is 0 Å². The molecule has 1 aliphatic heterocycles. The molecule has 5 nitrogen and oxygen atoms in total. The molecule has 106 valence electrons. The lowest BCUT2D eigenvalue weighted by Gasteiger charge is -2.22. The quantitative estimate of drug-likeness (QED) is 0.936. The molecule has 0 bridgehead atoms. The Balaban J connectivity index is 1.83. The van der Waals surface area contributed by atoms with E-state index in [9.17, 15) is 8.78 Å². The first-order valence-corrected chi connectivity index (χ1v) is 6.20. The van der Waals surface area contributed by atoms with Crippen molar-refractivity contribution < 1.29 is 18.3 Å². The molecular weight excluding hydrogens is 268 g/mol. The highest BCUT2D eigenvalue weighted by atomic mass is 19.3. The number of benzene rings is 1. The third kappa shape index (κ3) is 2.38. The summed E-state index contributed by atoms with van der Waals surface area (Å²) in [5, 5.41) is 0. The molecule has 2 heterocycles. The van der Waals surface area contributed by atoms with Crippen LogP contribution in [0.25, 0.3) is 0 Å². The van der Waals surface area contributed by atoms with Crippen LogP contribution < -0.4 is 14.4 Å². The molecule has 1 aromatic carbocycles. The SMILES string of the molecule is CCN(Cc1c[nH]cn1)c1ccc2c(c1)OC(F)(F)O2. The second-order valence-corrected chi connectivity index (χ2v) is 4.37. The van der Waals surface area contributed by atoms with E-state index in [0.717, 1.165) is 11.4 Å². The topological polar surface area (TPSA) is 50.4 Å². The summed E-state index contributed by atoms with van der Waals surface area (Å²) in [5.74, 6) is 0.0996. The number of alkyl halides is 2. The number of aromatic nitrogens is 2. The van der Waals surface area contributed by atoms with E-state index in [4.69, 9.17) is 0 Å². The Morgan fingerprint density at radius 2 is 2.10 bits per heavy atom. The minimum absolute atomic E-state index is 0.0491. The maximum atomic E-state index is 13.0. The predicted octanol–water partition coefficient (Wildman–Crippen LogP) is 2.76. The molecule has 0 fully saturated rings. The summed E-state index contributed by atoms with van der Waals surface area (Å²) in [5.41, 5.74) is 1.64. The smallest absolute Gasteiger partial charge is 0.395 e. The molecule has 1 aromatic heterocycles. The van der Waals surface area contributed by atoms with Crippen molar-refractivity contribution in [2.75, 3.05) is 11.4 Å². The van der Waals surface area contributed by atoms with Gasteiger partial charge in [0, 0.05) is 24.5 Å². The minimum Gasteiger partial charge on any atom is -0.395 e. The van der Waals surface area contributed by atoms with Gasteiger partial charge < -0.3 is 19.4 Å². The lowest BCUT2D eigenvalue weighted by Crippen LogP contribution is -2.26. The van der Waals surface area contributed by atoms with Gasteiger partial charge in [0.2, 0.25) is 0 Å². The van der Waals surface area contributed by atoms with Crippen LogP contribution >= 0.6 is 0 Å². The molecule has 1 N–H and O–H groups in total. The van der Waals surface area contributed by atoms with Gasteiger partial charge in [-0.2, -0.15) is 0 Å². The van der Waals surface area contributed by atoms with Gasteiger partial charge in [0.25, 0.3) is 0 Å². The van der Waals surface area contributed by atoms with Crippen molar-refractivity contribution in [3.63, 3.8) is 0 Å². The van der Waals surface area contributed by atoms with Gasteiger partial charge in [-0.15, -0.1) is 8.78 Å². The van der Waals surface area contributed by atoms with Crippen molar-refractivity contribution in [2.24, 2.45) is 0 Å². The van der Waals surface area contributed by atoms with Crippen LogP contribution in [-0.2, 0) is 6.54 Å². The highest BCUT2D eigenvalue weighted by Gasteiger charge is 2.43. The summed E-state index contributed by atoms with van der Waals surface area (Å²) in [4.78, 5) is 9.03. The number of anilines is 1. The zero-order valence-corrected chi connectivity index (χ0v) is 10.8. The van der Waals surface area contributed by atoms with Crippen molar-refractivity contribution in [3.8, 4) is 11.5 Å². The Bertz CT molecular complexity index is 602. The van der Waals surface area contributed by atoms with E-state index in [1.807, 2.05) is 11.8 Å². The number of nitrogens with one attached hydrogen (secondary N) is 1. The van der Waals surface area contributed by atoms with Gasteiger partial charge in [-0.25, -0.2) is 4.98 Å². The van der Waals surface area contributed by atoms with Crippen molar-refractivity contribution in [3.05, 3.63) is 36.4 Å². The second-order valence-electron chi connectivity index (χ2n) is 4.37. The van der Waals surface area contributed by atoms with Crippen molar-refractivity contribution in [1.82, 2.24) is 9.97 Å². The van der Waals surface area contributed by atoms with Gasteiger partial charge in [0.15, 0.2) is 11.5 Å². The number of fused-ring (bicyclic) bond motifs is 1. The number of hydrogen-bond donors (Lipinski definition) is 1. The number of ether oxygens (including phenoxy) is 2. The summed E-state index contributed by atoms with van der Waals surface area (Å²) in [6.45, 7) is 3.27. The fraction of sp³-hybridized carbons (Fsp3) is 0.308. The highest BCUT2D eigenvalue weighted by molar-refractivity contribution is 5.57. The van der Waals surface area contributed by atoms with Crippen LogP contribution in [-0.4, -0.2) is 22.8 Å². The number of imidazole rings is 1. The van der Waals surface area contributed by atoms with Crippen molar-refractivity contribution >= 4 is 5.69 Å². The maximum Gasteiger partial charge on any atom is 0.586 e. The zero-order valence-electron chi connectivity index (χ0n) is 10.8. The fourth-order valence-corrected chi connectivity index (χ4v) is 2.09. The number of H-pyrrole nitrogens is 1. The van der Waals surface area contributed by atoms with Crippen LogP contribution in [0.1, 0.15) is 12.6 Å². The molecule has 0 atom stereocenters. The minimum atomic E-state index is -3.58. The Morgan fingerprint density at radius 3 is 2.80 bits per heavy atom. The monoisotopic (exact) mass is 281 g/mol. The molecule has 0 amide bonds. The Kier molecular flexibility index (Phi) is 2.96. The van der Waals surface area contributed by atoms with E-state index < -0.39 is 6.29 Å². The van der Waals surface area contributed by atoms with Gasteiger partial charge in [0.05, 0.1) is 18.6 Å². The summed E-state index contributed by atoms with van der Waals surface area (Å²) in [7, 11) is 0. The molecule has 0 saturated heterocycles. The zero-order chi connectivity index (χ0) is 14.2. The van der Waals surface area contributed by atoms with Crippen LogP contribution in [0.5, 0.6) is 11.5 Å². The summed E-state index contributed by atoms with van der Waals surface area (Å²) >= 11 is 0. The van der Waals surface area contributed by atoms with Gasteiger partial charge >= 0.3 is 6.29 Å². The highest BCUT2D eigenvalue weighted by Crippen LogP contribution is 2.42. The molecule has 1 aliphatic rings. The third-order valence-corrected chi connectivity index (χ3v) is 3.04. The molecular formula is C13H13F2N3O2. The van der Waals surface area contributed by atoms with Crippen molar-refractivity contribution in [1.29, 1.82) is 0 Å². The van der Waals surface area contributed by atoms with E-state index in [1.165, 1.54) is 6.07 Å². The fourth-order valence-electron chi connectivity index (χ4n) is 2.09. The molecule has 3 rings (SSSR count). The lowest BCUT2D eigenvalue weighted by molar-refractivity contribution is -0.286. The van der Waals surface area contributed by atoms with E-state index >= 15 is 0 Å². The van der Waals surface area contributed by atoms with Gasteiger partial charge in [-0.3, -0.25) is 0 Å². The summed E-state index contributed by atoms with van der Waals surface area (Å²) < 4.78 is 34.8. The molecule has 0 unspecified atom stereocenters. The molecule has 0 spiro atoms. The Morgan fingerprint density at radius 1 is 1.30 bits per heavy atom. The number of nitrogens with zero attached hydrogens (tertiary/aromatic N) is 2. The first-order valence-electron chi connectivity index (χ1n) is 6.20. The van der Waals surface area contributed by atoms with Crippen LogP contribution in [0.15, 0.2) is 30.7 Å². The maximum absolute atomic E-state index is 13.0. The molecule has 2 aromatic rings. The number of halogens is 2. The van der Waals surface area contributed by atoms with Crippen LogP contribution in [0, 0.1) is 0 Å². The van der Waals surface area contributed by atoms with Gasteiger partial charge in [-0.05, 0) is 19.1 Å². The largest absolute Gasteiger partial charge is 0.586 e. The molecule has 0 saturated carbocycles. The third-order valence-electron chi connectivity index (χ3n) is 3.04. The molecule has 0 radical (unpaired) electrons. The molecule has 7 heteroatoms. The summed E-state index contributed by atoms with van der Waals surface area (Å²) in [6, 6.07) is 4.75. The normalized spacial score (nSPS) is 15.3. The Labute approximate surface area is 114 Å². The first-order chi connectivity index (χ1) is 9.57. The second kappa shape index (κ2) is 4.66. The van der Waals surface area contributed by atoms with Gasteiger partial charge in [0.1, 0.15) is 0 Å². The van der Waals surface area contributed by atoms with E-state index in [0.29, 0.717) is 13.1 Å².